The number of hydrogen-bond donors (Lipinski definition) is 2. The van der Waals surface area contributed by atoms with Gasteiger partial charge in [-0.05, 0) is 45.6 Å². The maximum Gasteiger partial charge on any atom is 0.262 e. The molecule has 0 spiro atoms. The van der Waals surface area contributed by atoms with Gasteiger partial charge in [-0.25, -0.2) is 0 Å². The molecule has 0 aliphatic heterocycles. The van der Waals surface area contributed by atoms with Gasteiger partial charge in [0.05, 0.1) is 7.11 Å². The maximum atomic E-state index is 12.0. The molecular formula is C13H13BrN2O2S. The number of hydrogen-bond acceptors (Lipinski definition) is 4. The molecule has 0 unspecified atom stereocenters. The third-order valence-corrected chi connectivity index (χ3v) is 4.40. The predicted octanol–water partition coefficient (Wildman–Crippen LogP) is 3.03. The van der Waals surface area contributed by atoms with Crippen LogP contribution in [0.15, 0.2) is 34.1 Å². The number of thiophene rings is 1. The first-order chi connectivity index (χ1) is 9.11. The molecule has 6 heteroatoms. The number of halogens is 1. The van der Waals surface area contributed by atoms with E-state index in [0.29, 0.717) is 22.9 Å². The van der Waals surface area contributed by atoms with Crippen LogP contribution in [0, 0.1) is 0 Å². The number of nitrogens with one attached hydrogen (secondary N) is 1. The van der Waals surface area contributed by atoms with Crippen LogP contribution in [0.3, 0.4) is 0 Å². The molecule has 0 bridgehead atoms. The second kappa shape index (κ2) is 6.08. The molecule has 1 amide bonds. The standard InChI is InChI=1S/C13H13BrN2O2S/c1-18-11-3-2-9(15)6-8(11)7-16-13(17)12-10(14)4-5-19-12/h2-6H,7,15H2,1H3,(H,16,17). The molecule has 0 aliphatic carbocycles. The van der Waals surface area contributed by atoms with Gasteiger partial charge in [0.1, 0.15) is 10.6 Å². The van der Waals surface area contributed by atoms with Crippen molar-refractivity contribution in [2.45, 2.75) is 6.54 Å². The summed E-state index contributed by atoms with van der Waals surface area (Å²) in [5.41, 5.74) is 7.23. The summed E-state index contributed by atoms with van der Waals surface area (Å²) < 4.78 is 6.03. The Morgan fingerprint density at radius 2 is 2.26 bits per heavy atom. The number of carbonyl (C=O) groups excluding carboxylic acids is 1. The van der Waals surface area contributed by atoms with Crippen molar-refractivity contribution in [1.82, 2.24) is 5.32 Å². The molecule has 3 N–H and O–H groups in total. The fraction of sp³-hybridized carbons (Fsp3) is 0.154. The molecule has 100 valence electrons. The lowest BCUT2D eigenvalue weighted by Crippen LogP contribution is -2.22. The van der Waals surface area contributed by atoms with Crippen molar-refractivity contribution in [1.29, 1.82) is 0 Å². The van der Waals surface area contributed by atoms with Gasteiger partial charge in [-0.1, -0.05) is 0 Å². The van der Waals surface area contributed by atoms with Gasteiger partial charge in [0.25, 0.3) is 5.91 Å². The van der Waals surface area contributed by atoms with E-state index in [1.165, 1.54) is 11.3 Å². The van der Waals surface area contributed by atoms with Crippen LogP contribution in [-0.2, 0) is 6.54 Å². The van der Waals surface area contributed by atoms with E-state index in [-0.39, 0.29) is 5.91 Å². The molecule has 2 aromatic rings. The third-order valence-electron chi connectivity index (χ3n) is 2.57. The van der Waals surface area contributed by atoms with Crippen LogP contribution < -0.4 is 15.8 Å². The number of methoxy groups -OCH3 is 1. The van der Waals surface area contributed by atoms with Crippen LogP contribution in [0.1, 0.15) is 15.2 Å². The fourth-order valence-corrected chi connectivity index (χ4v) is 3.12. The Labute approximate surface area is 123 Å². The Balaban J connectivity index is 2.09. The Bertz CT molecular complexity index is 598. The molecule has 0 atom stereocenters. The summed E-state index contributed by atoms with van der Waals surface area (Å²) in [7, 11) is 1.59. The van der Waals surface area contributed by atoms with Crippen molar-refractivity contribution >= 4 is 38.9 Å². The first-order valence-corrected chi connectivity index (χ1v) is 7.22. The first kappa shape index (κ1) is 13.9. The second-order valence-electron chi connectivity index (χ2n) is 3.85. The quantitative estimate of drug-likeness (QED) is 0.840. The number of rotatable bonds is 4. The van der Waals surface area contributed by atoms with Gasteiger partial charge in [-0.2, -0.15) is 0 Å². The average Bonchev–Trinajstić information content (AvgIpc) is 2.82. The molecule has 0 aliphatic rings. The van der Waals surface area contributed by atoms with Crippen molar-refractivity contribution < 1.29 is 9.53 Å². The van der Waals surface area contributed by atoms with E-state index in [2.05, 4.69) is 21.2 Å². The molecule has 4 nitrogen and oxygen atoms in total. The second-order valence-corrected chi connectivity index (χ2v) is 5.62. The Morgan fingerprint density at radius 1 is 1.47 bits per heavy atom. The Morgan fingerprint density at radius 3 is 2.89 bits per heavy atom. The SMILES string of the molecule is COc1ccc(N)cc1CNC(=O)c1sccc1Br. The van der Waals surface area contributed by atoms with Crippen LogP contribution in [0.5, 0.6) is 5.75 Å². The largest absolute Gasteiger partial charge is 0.496 e. The molecule has 1 aromatic heterocycles. The summed E-state index contributed by atoms with van der Waals surface area (Å²) in [6.07, 6.45) is 0. The smallest absolute Gasteiger partial charge is 0.262 e. The van der Waals surface area contributed by atoms with Gasteiger partial charge in [0, 0.05) is 22.3 Å². The minimum atomic E-state index is -0.119. The molecule has 1 aromatic carbocycles. The van der Waals surface area contributed by atoms with Crippen LogP contribution in [-0.4, -0.2) is 13.0 Å². The summed E-state index contributed by atoms with van der Waals surface area (Å²) in [4.78, 5) is 12.6. The number of nitrogens with two attached hydrogens (primary N) is 1. The highest BCUT2D eigenvalue weighted by Gasteiger charge is 2.12. The van der Waals surface area contributed by atoms with E-state index in [1.54, 1.807) is 25.3 Å². The molecule has 1 heterocycles. The monoisotopic (exact) mass is 340 g/mol. The lowest BCUT2D eigenvalue weighted by molar-refractivity contribution is 0.0954. The highest BCUT2D eigenvalue weighted by Crippen LogP contribution is 2.24. The van der Waals surface area contributed by atoms with E-state index < -0.39 is 0 Å². The zero-order valence-corrected chi connectivity index (χ0v) is 12.7. The zero-order valence-electron chi connectivity index (χ0n) is 10.3. The van der Waals surface area contributed by atoms with E-state index in [0.717, 1.165) is 10.0 Å². The highest BCUT2D eigenvalue weighted by atomic mass is 79.9. The number of nitrogen functional groups attached to an aromatic ring is 1. The molecule has 0 saturated heterocycles. The minimum absolute atomic E-state index is 0.119. The maximum absolute atomic E-state index is 12.0. The van der Waals surface area contributed by atoms with Crippen molar-refractivity contribution in [2.24, 2.45) is 0 Å². The topological polar surface area (TPSA) is 64.3 Å². The van der Waals surface area contributed by atoms with Gasteiger partial charge >= 0.3 is 0 Å². The fourth-order valence-electron chi connectivity index (χ4n) is 1.65. The summed E-state index contributed by atoms with van der Waals surface area (Å²) in [5, 5.41) is 4.71. The summed E-state index contributed by atoms with van der Waals surface area (Å²) >= 11 is 4.73. The first-order valence-electron chi connectivity index (χ1n) is 5.55. The molecule has 0 saturated carbocycles. The third kappa shape index (κ3) is 3.27. The number of benzene rings is 1. The van der Waals surface area contributed by atoms with Gasteiger partial charge < -0.3 is 15.8 Å². The summed E-state index contributed by atoms with van der Waals surface area (Å²) in [5.74, 6) is 0.589. The summed E-state index contributed by atoms with van der Waals surface area (Å²) in [6, 6.07) is 7.20. The van der Waals surface area contributed by atoms with Crippen LogP contribution >= 0.6 is 27.3 Å². The van der Waals surface area contributed by atoms with E-state index in [1.807, 2.05) is 11.4 Å². The molecule has 0 fully saturated rings. The van der Waals surface area contributed by atoms with Crippen LogP contribution in [0.25, 0.3) is 0 Å². The number of ether oxygens (including phenoxy) is 1. The summed E-state index contributed by atoms with van der Waals surface area (Å²) in [6.45, 7) is 0.372. The zero-order chi connectivity index (χ0) is 13.8. The van der Waals surface area contributed by atoms with Crippen LogP contribution in [0.2, 0.25) is 0 Å². The van der Waals surface area contributed by atoms with Crippen molar-refractivity contribution in [2.75, 3.05) is 12.8 Å². The van der Waals surface area contributed by atoms with Gasteiger partial charge in [-0.3, -0.25) is 4.79 Å². The van der Waals surface area contributed by atoms with E-state index >= 15 is 0 Å². The van der Waals surface area contributed by atoms with Gasteiger partial charge in [-0.15, -0.1) is 11.3 Å². The number of amides is 1. The van der Waals surface area contributed by atoms with E-state index in [4.69, 9.17) is 10.5 Å². The van der Waals surface area contributed by atoms with Gasteiger partial charge in [0.2, 0.25) is 0 Å². The van der Waals surface area contributed by atoms with Gasteiger partial charge in [0.15, 0.2) is 0 Å². The number of anilines is 1. The lowest BCUT2D eigenvalue weighted by atomic mass is 10.1. The minimum Gasteiger partial charge on any atom is -0.496 e. The lowest BCUT2D eigenvalue weighted by Gasteiger charge is -2.10. The predicted molar refractivity (Wildman–Crippen MR) is 80.6 cm³/mol. The van der Waals surface area contributed by atoms with Crippen molar-refractivity contribution in [3.05, 3.63) is 44.6 Å². The van der Waals surface area contributed by atoms with Crippen LogP contribution in [0.4, 0.5) is 5.69 Å². The van der Waals surface area contributed by atoms with Crippen molar-refractivity contribution in [3.8, 4) is 5.75 Å². The molecular weight excluding hydrogens is 328 g/mol. The van der Waals surface area contributed by atoms with E-state index in [9.17, 15) is 4.79 Å². The van der Waals surface area contributed by atoms with Crippen molar-refractivity contribution in [3.63, 3.8) is 0 Å². The highest BCUT2D eigenvalue weighted by molar-refractivity contribution is 9.10. The molecule has 0 radical (unpaired) electrons. The average molecular weight is 341 g/mol. The Hall–Kier alpha value is -1.53. The molecule has 19 heavy (non-hydrogen) atoms. The normalized spacial score (nSPS) is 10.2. The molecule has 2 rings (SSSR count). The Kier molecular flexibility index (Phi) is 4.44. The number of carbonyl (C=O) groups is 1.